The highest BCUT2D eigenvalue weighted by atomic mass is 19.1. The van der Waals surface area contributed by atoms with E-state index >= 15 is 0 Å². The first-order chi connectivity index (χ1) is 9.56. The van der Waals surface area contributed by atoms with E-state index in [1.54, 1.807) is 40.8 Å². The largest absolute Gasteiger partial charge is 0.384 e. The first kappa shape index (κ1) is 12.4. The van der Waals surface area contributed by atoms with Gasteiger partial charge in [0.1, 0.15) is 17.5 Å². The van der Waals surface area contributed by atoms with Crippen molar-refractivity contribution in [2.24, 2.45) is 7.05 Å². The molecule has 6 heteroatoms. The van der Waals surface area contributed by atoms with Crippen LogP contribution in [0, 0.1) is 12.7 Å². The zero-order chi connectivity index (χ0) is 14.3. The van der Waals surface area contributed by atoms with Crippen molar-refractivity contribution in [3.8, 4) is 16.9 Å². The summed E-state index contributed by atoms with van der Waals surface area (Å²) in [6.45, 7) is 1.83. The van der Waals surface area contributed by atoms with Gasteiger partial charge in [-0.3, -0.25) is 4.68 Å². The molecule has 0 fully saturated rings. The third kappa shape index (κ3) is 1.95. The van der Waals surface area contributed by atoms with Gasteiger partial charge in [-0.2, -0.15) is 5.10 Å². The van der Waals surface area contributed by atoms with Crippen molar-refractivity contribution < 1.29 is 4.39 Å². The minimum Gasteiger partial charge on any atom is -0.384 e. The lowest BCUT2D eigenvalue weighted by molar-refractivity contribution is 0.617. The van der Waals surface area contributed by atoms with Crippen LogP contribution in [0.4, 0.5) is 10.2 Å². The first-order valence-corrected chi connectivity index (χ1v) is 6.16. The molecule has 0 radical (unpaired) electrons. The Bertz CT molecular complexity index is 752. The number of aryl methyl sites for hydroxylation is 2. The molecule has 0 aliphatic heterocycles. The minimum atomic E-state index is -0.326. The van der Waals surface area contributed by atoms with Gasteiger partial charge in [-0.1, -0.05) is 6.07 Å². The standard InChI is InChI=1S/C14H14FN5/c1-9-17-5-6-20(9)13-4-3-10(7-11(13)15)12-8-14(16)19(2)18-12/h3-8H,16H2,1-2H3. The van der Waals surface area contributed by atoms with E-state index < -0.39 is 0 Å². The molecule has 0 atom stereocenters. The maximum atomic E-state index is 14.3. The van der Waals surface area contributed by atoms with Gasteiger partial charge >= 0.3 is 0 Å². The lowest BCUT2D eigenvalue weighted by Gasteiger charge is -2.07. The average molecular weight is 271 g/mol. The molecule has 3 rings (SSSR count). The Morgan fingerprint density at radius 1 is 1.25 bits per heavy atom. The van der Waals surface area contributed by atoms with Crippen molar-refractivity contribution in [2.45, 2.75) is 6.92 Å². The quantitative estimate of drug-likeness (QED) is 0.778. The highest BCUT2D eigenvalue weighted by Gasteiger charge is 2.11. The number of anilines is 1. The Balaban J connectivity index is 2.06. The summed E-state index contributed by atoms with van der Waals surface area (Å²) in [5.74, 6) is 0.946. The van der Waals surface area contributed by atoms with Crippen LogP contribution in [0.3, 0.4) is 0 Å². The predicted molar refractivity (Wildman–Crippen MR) is 74.9 cm³/mol. The zero-order valence-electron chi connectivity index (χ0n) is 11.2. The molecule has 102 valence electrons. The molecule has 0 saturated carbocycles. The molecule has 0 unspecified atom stereocenters. The Morgan fingerprint density at radius 3 is 2.60 bits per heavy atom. The fourth-order valence-corrected chi connectivity index (χ4v) is 2.12. The second-order valence-electron chi connectivity index (χ2n) is 4.59. The van der Waals surface area contributed by atoms with Crippen molar-refractivity contribution in [1.29, 1.82) is 0 Å². The van der Waals surface area contributed by atoms with Gasteiger partial charge in [-0.05, 0) is 19.1 Å². The minimum absolute atomic E-state index is 0.326. The van der Waals surface area contributed by atoms with Crippen LogP contribution in [0.2, 0.25) is 0 Å². The van der Waals surface area contributed by atoms with E-state index in [1.165, 1.54) is 6.07 Å². The third-order valence-corrected chi connectivity index (χ3v) is 3.24. The summed E-state index contributed by atoms with van der Waals surface area (Å²) < 4.78 is 17.5. The number of benzene rings is 1. The Labute approximate surface area is 115 Å². The van der Waals surface area contributed by atoms with Crippen LogP contribution in [0.15, 0.2) is 36.7 Å². The van der Waals surface area contributed by atoms with E-state index in [9.17, 15) is 4.39 Å². The van der Waals surface area contributed by atoms with Crippen molar-refractivity contribution in [3.05, 3.63) is 48.3 Å². The fraction of sp³-hybridized carbons (Fsp3) is 0.143. The van der Waals surface area contributed by atoms with Crippen LogP contribution in [0.1, 0.15) is 5.82 Å². The molecule has 0 aliphatic carbocycles. The van der Waals surface area contributed by atoms with Gasteiger partial charge in [0.2, 0.25) is 0 Å². The molecular formula is C14H14FN5. The lowest BCUT2D eigenvalue weighted by Crippen LogP contribution is -1.99. The van der Waals surface area contributed by atoms with Crippen LogP contribution in [-0.4, -0.2) is 19.3 Å². The summed E-state index contributed by atoms with van der Waals surface area (Å²) in [5, 5.41) is 4.24. The number of hydrogen-bond acceptors (Lipinski definition) is 3. The number of rotatable bonds is 2. The third-order valence-electron chi connectivity index (χ3n) is 3.24. The maximum Gasteiger partial charge on any atom is 0.147 e. The smallest absolute Gasteiger partial charge is 0.147 e. The molecule has 20 heavy (non-hydrogen) atoms. The van der Waals surface area contributed by atoms with E-state index in [0.29, 0.717) is 22.8 Å². The second-order valence-corrected chi connectivity index (χ2v) is 4.59. The molecule has 2 heterocycles. The highest BCUT2D eigenvalue weighted by Crippen LogP contribution is 2.24. The highest BCUT2D eigenvalue weighted by molar-refractivity contribution is 5.64. The topological polar surface area (TPSA) is 61.7 Å². The molecule has 2 aromatic heterocycles. The van der Waals surface area contributed by atoms with E-state index in [1.807, 2.05) is 13.0 Å². The van der Waals surface area contributed by atoms with Gasteiger partial charge < -0.3 is 10.3 Å². The molecule has 0 saturated heterocycles. The van der Waals surface area contributed by atoms with Gasteiger partial charge in [0, 0.05) is 31.1 Å². The van der Waals surface area contributed by atoms with Crippen molar-refractivity contribution in [2.75, 3.05) is 5.73 Å². The maximum absolute atomic E-state index is 14.3. The number of hydrogen-bond donors (Lipinski definition) is 1. The second kappa shape index (κ2) is 4.48. The van der Waals surface area contributed by atoms with Crippen molar-refractivity contribution >= 4 is 5.82 Å². The number of halogens is 1. The van der Waals surface area contributed by atoms with Gasteiger partial charge in [0.15, 0.2) is 0 Å². The summed E-state index contributed by atoms with van der Waals surface area (Å²) in [4.78, 5) is 4.09. The Hall–Kier alpha value is -2.63. The van der Waals surface area contributed by atoms with Crippen LogP contribution in [-0.2, 0) is 7.05 Å². The Kier molecular flexibility index (Phi) is 2.78. The van der Waals surface area contributed by atoms with E-state index in [0.717, 1.165) is 5.82 Å². The predicted octanol–water partition coefficient (Wildman–Crippen LogP) is 2.30. The molecule has 0 aliphatic rings. The van der Waals surface area contributed by atoms with E-state index in [2.05, 4.69) is 10.1 Å². The molecule has 1 aromatic carbocycles. The van der Waals surface area contributed by atoms with Crippen LogP contribution in [0.5, 0.6) is 0 Å². The number of aromatic nitrogens is 4. The summed E-state index contributed by atoms with van der Waals surface area (Å²) >= 11 is 0. The van der Waals surface area contributed by atoms with Gasteiger partial charge in [-0.25, -0.2) is 9.37 Å². The number of nitrogens with zero attached hydrogens (tertiary/aromatic N) is 4. The summed E-state index contributed by atoms with van der Waals surface area (Å²) in [6, 6.07) is 6.71. The molecule has 2 N–H and O–H groups in total. The van der Waals surface area contributed by atoms with Gasteiger partial charge in [0.05, 0.1) is 11.4 Å². The molecular weight excluding hydrogens is 257 g/mol. The normalized spacial score (nSPS) is 10.9. The van der Waals surface area contributed by atoms with Crippen LogP contribution in [0.25, 0.3) is 16.9 Å². The van der Waals surface area contributed by atoms with Crippen molar-refractivity contribution in [1.82, 2.24) is 19.3 Å². The van der Waals surface area contributed by atoms with Gasteiger partial charge in [0.25, 0.3) is 0 Å². The SMILES string of the molecule is Cc1nccn1-c1ccc(-c2cc(N)n(C)n2)cc1F. The van der Waals surface area contributed by atoms with Crippen molar-refractivity contribution in [3.63, 3.8) is 0 Å². The summed E-state index contributed by atoms with van der Waals surface area (Å²) in [5.41, 5.74) is 7.54. The summed E-state index contributed by atoms with van der Waals surface area (Å²) in [6.07, 6.45) is 3.37. The first-order valence-electron chi connectivity index (χ1n) is 6.16. The number of imidazole rings is 1. The molecule has 3 aromatic rings. The number of nitrogens with two attached hydrogens (primary N) is 1. The Morgan fingerprint density at radius 2 is 2.05 bits per heavy atom. The van der Waals surface area contributed by atoms with Gasteiger partial charge in [-0.15, -0.1) is 0 Å². The monoisotopic (exact) mass is 271 g/mol. The zero-order valence-corrected chi connectivity index (χ0v) is 11.2. The summed E-state index contributed by atoms with van der Waals surface area (Å²) in [7, 11) is 1.75. The van der Waals surface area contributed by atoms with Crippen LogP contribution < -0.4 is 5.73 Å². The molecule has 0 spiro atoms. The molecule has 5 nitrogen and oxygen atoms in total. The lowest BCUT2D eigenvalue weighted by atomic mass is 10.1. The molecule has 0 amide bonds. The van der Waals surface area contributed by atoms with E-state index in [-0.39, 0.29) is 5.82 Å². The average Bonchev–Trinajstić information content (AvgIpc) is 2.97. The van der Waals surface area contributed by atoms with E-state index in [4.69, 9.17) is 5.73 Å². The number of nitrogen functional groups attached to an aromatic ring is 1. The van der Waals surface area contributed by atoms with Crippen LogP contribution >= 0.6 is 0 Å². The molecule has 0 bridgehead atoms. The fourth-order valence-electron chi connectivity index (χ4n) is 2.12.